The maximum Gasteiger partial charge on any atom is 0.317 e. The number of ether oxygens (including phenoxy) is 4. The molecule has 0 spiro atoms. The Labute approximate surface area is 192 Å². The Morgan fingerprint density at radius 2 is 1.85 bits per heavy atom. The first-order valence-corrected chi connectivity index (χ1v) is 10.7. The maximum absolute atomic E-state index is 12.8. The van der Waals surface area contributed by atoms with E-state index < -0.39 is 17.0 Å². The van der Waals surface area contributed by atoms with Crippen LogP contribution in [0.2, 0.25) is 0 Å². The molecule has 1 heterocycles. The number of carbonyl (C=O) groups is 2. The van der Waals surface area contributed by atoms with E-state index in [1.807, 2.05) is 24.3 Å². The van der Waals surface area contributed by atoms with E-state index in [-0.39, 0.29) is 12.5 Å². The molecule has 0 aromatic heterocycles. The number of esters is 1. The van der Waals surface area contributed by atoms with E-state index in [2.05, 4.69) is 5.32 Å². The van der Waals surface area contributed by atoms with Gasteiger partial charge in [-0.15, -0.1) is 0 Å². The van der Waals surface area contributed by atoms with Crippen LogP contribution in [-0.2, 0) is 16.1 Å². The highest BCUT2D eigenvalue weighted by molar-refractivity contribution is 5.99. The molecule has 2 aromatic carbocycles. The van der Waals surface area contributed by atoms with Gasteiger partial charge in [-0.25, -0.2) is 0 Å². The predicted molar refractivity (Wildman–Crippen MR) is 119 cm³/mol. The molecule has 1 amide bonds. The molecule has 8 nitrogen and oxygen atoms in total. The molecule has 1 fully saturated rings. The minimum Gasteiger partial charge on any atom is -0.493 e. The zero-order chi connectivity index (χ0) is 23.8. The van der Waals surface area contributed by atoms with Crippen molar-refractivity contribution in [3.8, 4) is 34.4 Å². The third-order valence-corrected chi connectivity index (χ3v) is 6.00. The molecular weight excluding hydrogens is 424 g/mol. The van der Waals surface area contributed by atoms with Crippen LogP contribution in [0.1, 0.15) is 42.6 Å². The Hall–Kier alpha value is -3.73. The molecular formula is C25H26N2O6. The molecule has 2 aliphatic rings. The predicted octanol–water partition coefficient (Wildman–Crippen LogP) is 3.62. The summed E-state index contributed by atoms with van der Waals surface area (Å²) in [6.45, 7) is 3.65. The van der Waals surface area contributed by atoms with Gasteiger partial charge in [-0.05, 0) is 62.1 Å². The van der Waals surface area contributed by atoms with Crippen molar-refractivity contribution in [2.24, 2.45) is 5.41 Å². The van der Waals surface area contributed by atoms with Crippen LogP contribution in [0, 0.1) is 16.7 Å². The van der Waals surface area contributed by atoms with E-state index in [4.69, 9.17) is 18.9 Å². The van der Waals surface area contributed by atoms with Crippen molar-refractivity contribution in [3.63, 3.8) is 0 Å². The van der Waals surface area contributed by atoms with Gasteiger partial charge in [0.25, 0.3) is 5.91 Å². The van der Waals surface area contributed by atoms with Crippen LogP contribution < -0.4 is 19.5 Å². The number of carbonyl (C=O) groups excluding carboxylic acids is 2. The van der Waals surface area contributed by atoms with Crippen molar-refractivity contribution in [2.75, 3.05) is 20.8 Å². The molecule has 4 rings (SSSR count). The van der Waals surface area contributed by atoms with Gasteiger partial charge >= 0.3 is 5.97 Å². The summed E-state index contributed by atoms with van der Waals surface area (Å²) in [6.07, 6.45) is 1.23. The van der Waals surface area contributed by atoms with Crippen molar-refractivity contribution >= 4 is 11.9 Å². The van der Waals surface area contributed by atoms with Crippen LogP contribution >= 0.6 is 0 Å². The number of amides is 1. The number of fused-ring (bicyclic) bond motifs is 1. The van der Waals surface area contributed by atoms with Crippen molar-refractivity contribution in [1.29, 1.82) is 5.26 Å². The third kappa shape index (κ3) is 4.19. The fourth-order valence-corrected chi connectivity index (χ4v) is 3.80. The zero-order valence-electron chi connectivity index (χ0n) is 19.1. The average Bonchev–Trinajstić information content (AvgIpc) is 3.53. The van der Waals surface area contributed by atoms with E-state index in [0.717, 1.165) is 16.7 Å². The third-order valence-electron chi connectivity index (χ3n) is 6.00. The first-order chi connectivity index (χ1) is 15.7. The zero-order valence-corrected chi connectivity index (χ0v) is 19.1. The topological polar surface area (TPSA) is 107 Å². The Balaban J connectivity index is 1.67. The number of hydrogen-bond acceptors (Lipinski definition) is 7. The highest BCUT2D eigenvalue weighted by Gasteiger charge is 2.54. The molecule has 0 radical (unpaired) electrons. The molecule has 1 aliphatic heterocycles. The molecule has 8 heteroatoms. The second kappa shape index (κ2) is 8.32. The highest BCUT2D eigenvalue weighted by atomic mass is 16.6. The molecule has 0 bridgehead atoms. The summed E-state index contributed by atoms with van der Waals surface area (Å²) in [5, 5.41) is 12.0. The summed E-state index contributed by atoms with van der Waals surface area (Å²) >= 11 is 0. The summed E-state index contributed by atoms with van der Waals surface area (Å²) in [4.78, 5) is 24.7. The molecule has 0 atom stereocenters. The number of rotatable bonds is 8. The lowest BCUT2D eigenvalue weighted by Gasteiger charge is -2.23. The number of nitriles is 1. The lowest BCUT2D eigenvalue weighted by Crippen LogP contribution is -2.34. The van der Waals surface area contributed by atoms with Gasteiger partial charge in [0.1, 0.15) is 18.1 Å². The van der Waals surface area contributed by atoms with Crippen LogP contribution in [0.3, 0.4) is 0 Å². The van der Waals surface area contributed by atoms with Gasteiger partial charge in [-0.3, -0.25) is 9.59 Å². The van der Waals surface area contributed by atoms with Crippen LogP contribution in [0.25, 0.3) is 11.1 Å². The Bertz CT molecular complexity index is 1160. The van der Waals surface area contributed by atoms with E-state index in [9.17, 15) is 14.9 Å². The monoisotopic (exact) mass is 450 g/mol. The van der Waals surface area contributed by atoms with Crippen LogP contribution in [-0.4, -0.2) is 38.3 Å². The number of benzene rings is 2. The highest BCUT2D eigenvalue weighted by Crippen LogP contribution is 2.50. The second-order valence-electron chi connectivity index (χ2n) is 8.81. The minimum atomic E-state index is -1.21. The van der Waals surface area contributed by atoms with Gasteiger partial charge in [0.2, 0.25) is 5.75 Å². The fraction of sp³-hybridized carbons (Fsp3) is 0.400. The van der Waals surface area contributed by atoms with Gasteiger partial charge < -0.3 is 24.3 Å². The van der Waals surface area contributed by atoms with E-state index in [1.54, 1.807) is 26.0 Å². The Morgan fingerprint density at radius 1 is 1.12 bits per heavy atom. The van der Waals surface area contributed by atoms with Gasteiger partial charge in [0.05, 0.1) is 14.2 Å². The number of nitrogens with zero attached hydrogens (tertiary/aromatic N) is 1. The standard InChI is InChI=1S/C25H26N2O6/c1-24(2,13-26)33-23(29)25(9-10-25)14-32-20-17(7-8-19(30-3)21(20)31-4)15-5-6-18-16(11-15)12-27-22(18)28/h5-8,11H,9-10,12,14H2,1-4H3,(H,27,28). The van der Waals surface area contributed by atoms with Gasteiger partial charge in [-0.2, -0.15) is 5.26 Å². The van der Waals surface area contributed by atoms with E-state index in [1.165, 1.54) is 14.2 Å². The van der Waals surface area contributed by atoms with Crippen molar-refractivity contribution in [1.82, 2.24) is 5.32 Å². The first kappa shape index (κ1) is 22.5. The molecule has 172 valence electrons. The maximum atomic E-state index is 12.8. The van der Waals surface area contributed by atoms with Gasteiger partial charge in [0.15, 0.2) is 17.1 Å². The van der Waals surface area contributed by atoms with Crippen LogP contribution in [0.15, 0.2) is 30.3 Å². The summed E-state index contributed by atoms with van der Waals surface area (Å²) in [5.74, 6) is 0.806. The Morgan fingerprint density at radius 3 is 2.48 bits per heavy atom. The molecule has 33 heavy (non-hydrogen) atoms. The lowest BCUT2D eigenvalue weighted by molar-refractivity contribution is -0.160. The molecule has 1 N–H and O–H groups in total. The quantitative estimate of drug-likeness (QED) is 0.612. The first-order valence-electron chi connectivity index (χ1n) is 10.7. The molecule has 1 aliphatic carbocycles. The van der Waals surface area contributed by atoms with Crippen LogP contribution in [0.5, 0.6) is 17.2 Å². The lowest BCUT2D eigenvalue weighted by atomic mass is 9.99. The van der Waals surface area contributed by atoms with Gasteiger partial charge in [-0.1, -0.05) is 6.07 Å². The smallest absolute Gasteiger partial charge is 0.317 e. The number of hydrogen-bond donors (Lipinski definition) is 1. The largest absolute Gasteiger partial charge is 0.493 e. The minimum absolute atomic E-state index is 0.0782. The van der Waals surface area contributed by atoms with Crippen molar-refractivity contribution in [3.05, 3.63) is 41.5 Å². The molecule has 2 aromatic rings. The average molecular weight is 450 g/mol. The van der Waals surface area contributed by atoms with Crippen molar-refractivity contribution < 1.29 is 28.5 Å². The fourth-order valence-electron chi connectivity index (χ4n) is 3.80. The summed E-state index contributed by atoms with van der Waals surface area (Å²) in [5.41, 5.74) is 1.14. The van der Waals surface area contributed by atoms with Crippen LogP contribution in [0.4, 0.5) is 0 Å². The SMILES string of the molecule is COc1ccc(-c2ccc3c(c2)CNC3=O)c(OCC2(C(=O)OC(C)(C)C#N)CC2)c1OC. The normalized spacial score (nSPS) is 15.7. The van der Waals surface area contributed by atoms with Crippen molar-refractivity contribution in [2.45, 2.75) is 38.8 Å². The van der Waals surface area contributed by atoms with E-state index in [0.29, 0.717) is 42.2 Å². The Kier molecular flexibility index (Phi) is 5.66. The molecule has 1 saturated carbocycles. The summed E-state index contributed by atoms with van der Waals surface area (Å²) < 4.78 is 22.7. The summed E-state index contributed by atoms with van der Waals surface area (Å²) in [7, 11) is 3.06. The van der Waals surface area contributed by atoms with Gasteiger partial charge in [0, 0.05) is 17.7 Å². The number of nitrogens with one attached hydrogen (secondary N) is 1. The number of methoxy groups -OCH3 is 2. The van der Waals surface area contributed by atoms with E-state index >= 15 is 0 Å². The molecule has 0 unspecified atom stereocenters. The molecule has 0 saturated heterocycles. The summed E-state index contributed by atoms with van der Waals surface area (Å²) in [6, 6.07) is 11.2. The second-order valence-corrected chi connectivity index (χ2v) is 8.81.